The summed E-state index contributed by atoms with van der Waals surface area (Å²) in [4.78, 5) is 14.7. The first-order chi connectivity index (χ1) is 11.0. The van der Waals surface area contributed by atoms with Crippen molar-refractivity contribution in [2.24, 2.45) is 0 Å². The molecule has 2 aromatic carbocycles. The Labute approximate surface area is 137 Å². The summed E-state index contributed by atoms with van der Waals surface area (Å²) in [5.41, 5.74) is 2.01. The van der Waals surface area contributed by atoms with Crippen molar-refractivity contribution in [2.75, 3.05) is 0 Å². The fourth-order valence-electron chi connectivity index (χ4n) is 2.40. The van der Waals surface area contributed by atoms with Crippen LogP contribution < -0.4 is 0 Å². The lowest BCUT2D eigenvalue weighted by molar-refractivity contribution is -0.384. The summed E-state index contributed by atoms with van der Waals surface area (Å²) in [5, 5.41) is 22.5. The molecule has 0 saturated heterocycles. The number of rotatable bonds is 4. The zero-order valence-electron chi connectivity index (χ0n) is 12.0. The maximum Gasteiger partial charge on any atom is 0.269 e. The van der Waals surface area contributed by atoms with E-state index in [9.17, 15) is 15.2 Å². The van der Waals surface area contributed by atoms with E-state index in [0.717, 1.165) is 5.39 Å². The predicted octanol–water partition coefficient (Wildman–Crippen LogP) is 4.07. The van der Waals surface area contributed by atoms with E-state index in [1.165, 1.54) is 12.1 Å². The number of hydrogen-bond donors (Lipinski definition) is 1. The lowest BCUT2D eigenvalue weighted by Crippen LogP contribution is -2.03. The minimum atomic E-state index is -0.789. The van der Waals surface area contributed by atoms with Gasteiger partial charge in [0.05, 0.1) is 21.6 Å². The van der Waals surface area contributed by atoms with Gasteiger partial charge in [-0.15, -0.1) is 0 Å². The van der Waals surface area contributed by atoms with Crippen LogP contribution in [0.25, 0.3) is 10.9 Å². The molecule has 0 fully saturated rings. The van der Waals surface area contributed by atoms with Crippen LogP contribution in [0.3, 0.4) is 0 Å². The zero-order valence-corrected chi connectivity index (χ0v) is 12.8. The molecule has 0 spiro atoms. The van der Waals surface area contributed by atoms with Gasteiger partial charge in [0.25, 0.3) is 5.69 Å². The van der Waals surface area contributed by atoms with Gasteiger partial charge in [0.2, 0.25) is 0 Å². The van der Waals surface area contributed by atoms with Crippen molar-refractivity contribution in [2.45, 2.75) is 12.5 Å². The van der Waals surface area contributed by atoms with E-state index in [0.29, 0.717) is 28.2 Å². The second-order valence-corrected chi connectivity index (χ2v) is 5.59. The number of aliphatic hydroxyl groups excluding tert-OH is 1. The highest BCUT2D eigenvalue weighted by Gasteiger charge is 2.12. The highest BCUT2D eigenvalue weighted by molar-refractivity contribution is 6.35. The van der Waals surface area contributed by atoms with Crippen LogP contribution in [-0.2, 0) is 6.42 Å². The summed E-state index contributed by atoms with van der Waals surface area (Å²) in [6.07, 6.45) is -0.484. The number of fused-ring (bicyclic) bond motifs is 1. The van der Waals surface area contributed by atoms with Crippen LogP contribution >= 0.6 is 11.6 Å². The van der Waals surface area contributed by atoms with E-state index >= 15 is 0 Å². The summed E-state index contributed by atoms with van der Waals surface area (Å²) in [6, 6.07) is 15.2. The molecule has 0 saturated carbocycles. The first-order valence-corrected chi connectivity index (χ1v) is 7.39. The molecule has 116 valence electrons. The van der Waals surface area contributed by atoms with E-state index in [1.807, 2.05) is 24.3 Å². The molecule has 23 heavy (non-hydrogen) atoms. The number of aromatic nitrogens is 1. The number of para-hydroxylation sites is 1. The van der Waals surface area contributed by atoms with Gasteiger partial charge in [-0.2, -0.15) is 0 Å². The van der Waals surface area contributed by atoms with Crippen molar-refractivity contribution in [1.29, 1.82) is 0 Å². The largest absolute Gasteiger partial charge is 0.388 e. The molecule has 0 aliphatic carbocycles. The number of nitro groups is 1. The minimum Gasteiger partial charge on any atom is -0.388 e. The molecule has 1 atom stereocenters. The maximum atomic E-state index is 10.7. The maximum absolute atomic E-state index is 10.7. The van der Waals surface area contributed by atoms with Crippen molar-refractivity contribution in [3.8, 4) is 0 Å². The molecule has 1 N–H and O–H groups in total. The zero-order chi connectivity index (χ0) is 16.4. The monoisotopic (exact) mass is 328 g/mol. The van der Waals surface area contributed by atoms with Crippen molar-refractivity contribution in [1.82, 2.24) is 4.98 Å². The molecule has 0 bridgehead atoms. The molecule has 0 aliphatic heterocycles. The molecule has 0 amide bonds. The van der Waals surface area contributed by atoms with Gasteiger partial charge in [-0.3, -0.25) is 15.1 Å². The Bertz CT molecular complexity index is 865. The SMILES string of the molecule is O=[N+]([O-])c1ccc(C(O)Cc2ccc3cccc(Cl)c3n2)cc1. The van der Waals surface area contributed by atoms with Gasteiger partial charge in [0, 0.05) is 29.6 Å². The number of benzene rings is 2. The molecule has 1 aromatic heterocycles. The first kappa shape index (κ1) is 15.4. The highest BCUT2D eigenvalue weighted by atomic mass is 35.5. The van der Waals surface area contributed by atoms with Crippen LogP contribution in [0.1, 0.15) is 17.4 Å². The second kappa shape index (κ2) is 6.32. The Morgan fingerprint density at radius 2 is 1.87 bits per heavy atom. The number of aliphatic hydroxyl groups is 1. The lowest BCUT2D eigenvalue weighted by Gasteiger charge is -2.11. The number of hydrogen-bond acceptors (Lipinski definition) is 4. The Morgan fingerprint density at radius 1 is 1.13 bits per heavy atom. The molecule has 0 radical (unpaired) electrons. The predicted molar refractivity (Wildman–Crippen MR) is 88.5 cm³/mol. The summed E-state index contributed by atoms with van der Waals surface area (Å²) in [7, 11) is 0. The third kappa shape index (κ3) is 3.31. The summed E-state index contributed by atoms with van der Waals surface area (Å²) < 4.78 is 0. The Kier molecular flexibility index (Phi) is 4.23. The minimum absolute atomic E-state index is 0.00318. The van der Waals surface area contributed by atoms with Crippen molar-refractivity contribution >= 4 is 28.2 Å². The number of non-ortho nitro benzene ring substituents is 1. The van der Waals surface area contributed by atoms with E-state index in [1.54, 1.807) is 18.2 Å². The fourth-order valence-corrected chi connectivity index (χ4v) is 2.62. The van der Waals surface area contributed by atoms with Gasteiger partial charge >= 0.3 is 0 Å². The van der Waals surface area contributed by atoms with Gasteiger partial charge in [-0.25, -0.2) is 0 Å². The van der Waals surface area contributed by atoms with Crippen molar-refractivity contribution < 1.29 is 10.0 Å². The van der Waals surface area contributed by atoms with E-state index in [-0.39, 0.29) is 5.69 Å². The normalized spacial score (nSPS) is 12.3. The number of pyridine rings is 1. The summed E-state index contributed by atoms with van der Waals surface area (Å²) in [6.45, 7) is 0. The topological polar surface area (TPSA) is 76.3 Å². The Morgan fingerprint density at radius 3 is 2.57 bits per heavy atom. The fraction of sp³-hybridized carbons (Fsp3) is 0.118. The third-order valence-corrected chi connectivity index (χ3v) is 3.92. The van der Waals surface area contributed by atoms with Gasteiger partial charge in [0.1, 0.15) is 0 Å². The van der Waals surface area contributed by atoms with Crippen LogP contribution in [0.5, 0.6) is 0 Å². The average molecular weight is 329 g/mol. The molecule has 3 rings (SSSR count). The van der Waals surface area contributed by atoms with E-state index in [4.69, 9.17) is 11.6 Å². The molecule has 1 heterocycles. The van der Waals surface area contributed by atoms with E-state index < -0.39 is 11.0 Å². The summed E-state index contributed by atoms with van der Waals surface area (Å²) in [5.74, 6) is 0. The van der Waals surface area contributed by atoms with Gasteiger partial charge in [0.15, 0.2) is 0 Å². The van der Waals surface area contributed by atoms with E-state index in [2.05, 4.69) is 4.98 Å². The average Bonchev–Trinajstić information content (AvgIpc) is 2.55. The van der Waals surface area contributed by atoms with Crippen LogP contribution in [0, 0.1) is 10.1 Å². The number of halogens is 1. The van der Waals surface area contributed by atoms with Gasteiger partial charge in [-0.05, 0) is 29.8 Å². The molecule has 1 unspecified atom stereocenters. The molecular formula is C17H13ClN2O3. The quantitative estimate of drug-likeness (QED) is 0.578. The third-order valence-electron chi connectivity index (χ3n) is 3.62. The Balaban J connectivity index is 1.83. The van der Waals surface area contributed by atoms with Crippen LogP contribution in [0.4, 0.5) is 5.69 Å². The standard InChI is InChI=1S/C17H13ClN2O3/c18-15-3-1-2-12-4-7-13(19-17(12)15)10-16(21)11-5-8-14(9-6-11)20(22)23/h1-9,16,21H,10H2. The van der Waals surface area contributed by atoms with Crippen LogP contribution in [-0.4, -0.2) is 15.0 Å². The molecule has 0 aliphatic rings. The van der Waals surface area contributed by atoms with Crippen LogP contribution in [0.2, 0.25) is 5.02 Å². The number of nitrogens with zero attached hydrogens (tertiary/aromatic N) is 2. The molecule has 3 aromatic rings. The van der Waals surface area contributed by atoms with Crippen LogP contribution in [0.15, 0.2) is 54.6 Å². The lowest BCUT2D eigenvalue weighted by atomic mass is 10.0. The molecular weight excluding hydrogens is 316 g/mol. The Hall–Kier alpha value is -2.50. The molecule has 5 nitrogen and oxygen atoms in total. The highest BCUT2D eigenvalue weighted by Crippen LogP contribution is 2.24. The van der Waals surface area contributed by atoms with Crippen molar-refractivity contribution in [3.63, 3.8) is 0 Å². The number of nitro benzene ring substituents is 1. The van der Waals surface area contributed by atoms with Crippen molar-refractivity contribution in [3.05, 3.63) is 81.0 Å². The summed E-state index contributed by atoms with van der Waals surface area (Å²) >= 11 is 6.14. The van der Waals surface area contributed by atoms with Gasteiger partial charge in [-0.1, -0.05) is 29.8 Å². The molecule has 6 heteroatoms. The smallest absolute Gasteiger partial charge is 0.269 e. The first-order valence-electron chi connectivity index (χ1n) is 7.01. The second-order valence-electron chi connectivity index (χ2n) is 5.18. The van der Waals surface area contributed by atoms with Gasteiger partial charge < -0.3 is 5.11 Å².